The first-order valence-corrected chi connectivity index (χ1v) is 9.85. The van der Waals surface area contributed by atoms with Crippen molar-refractivity contribution in [1.82, 2.24) is 20.1 Å². The predicted molar refractivity (Wildman–Crippen MR) is 103 cm³/mol. The number of rotatable bonds is 4. The molecular formula is C21H26N4O3. The zero-order valence-electron chi connectivity index (χ0n) is 16.0. The number of urea groups is 1. The van der Waals surface area contributed by atoms with E-state index < -0.39 is 0 Å². The highest BCUT2D eigenvalue weighted by molar-refractivity contribution is 5.77. The van der Waals surface area contributed by atoms with Crippen LogP contribution in [0, 0.1) is 5.41 Å². The Morgan fingerprint density at radius 2 is 2.07 bits per heavy atom. The fraction of sp³-hybridized carbons (Fsp3) is 0.476. The average Bonchev–Trinajstić information content (AvgIpc) is 3.24. The van der Waals surface area contributed by atoms with E-state index in [1.165, 1.54) is 0 Å². The first-order chi connectivity index (χ1) is 13.6. The minimum absolute atomic E-state index is 0.0506. The summed E-state index contributed by atoms with van der Waals surface area (Å²) in [5, 5.41) is 2.92. The van der Waals surface area contributed by atoms with Gasteiger partial charge in [0.25, 0.3) is 0 Å². The van der Waals surface area contributed by atoms with Crippen molar-refractivity contribution in [2.45, 2.75) is 38.8 Å². The standard InChI is InChI=1S/C21H26N4O3/c26-19-5-6-21(16-25(19)15-17-3-1-9-22-13-17)7-10-24(11-8-21)20(27)23-14-18-4-2-12-28-18/h1-4,9,12-13H,5-8,10-11,14-16H2,(H,23,27). The van der Waals surface area contributed by atoms with Crippen LogP contribution in [0.15, 0.2) is 47.3 Å². The van der Waals surface area contributed by atoms with E-state index in [9.17, 15) is 9.59 Å². The Balaban J connectivity index is 1.31. The van der Waals surface area contributed by atoms with Gasteiger partial charge in [-0.2, -0.15) is 0 Å². The maximum Gasteiger partial charge on any atom is 0.317 e. The van der Waals surface area contributed by atoms with Crippen LogP contribution in [-0.4, -0.2) is 46.4 Å². The number of furan rings is 1. The number of amides is 3. The Morgan fingerprint density at radius 1 is 1.21 bits per heavy atom. The maximum absolute atomic E-state index is 12.4. The van der Waals surface area contributed by atoms with Crippen LogP contribution in [0.3, 0.4) is 0 Å². The van der Waals surface area contributed by atoms with E-state index in [0.717, 1.165) is 50.2 Å². The molecule has 2 aromatic rings. The summed E-state index contributed by atoms with van der Waals surface area (Å²) in [6.45, 7) is 3.23. The van der Waals surface area contributed by atoms with Crippen molar-refractivity contribution >= 4 is 11.9 Å². The minimum atomic E-state index is -0.0506. The summed E-state index contributed by atoms with van der Waals surface area (Å²) >= 11 is 0. The van der Waals surface area contributed by atoms with Gasteiger partial charge in [0.1, 0.15) is 5.76 Å². The molecule has 28 heavy (non-hydrogen) atoms. The van der Waals surface area contributed by atoms with E-state index in [1.54, 1.807) is 12.5 Å². The molecule has 0 atom stereocenters. The summed E-state index contributed by atoms with van der Waals surface area (Å²) in [5.74, 6) is 0.965. The number of nitrogens with one attached hydrogen (secondary N) is 1. The summed E-state index contributed by atoms with van der Waals surface area (Å²) in [4.78, 5) is 32.8. The van der Waals surface area contributed by atoms with Crippen LogP contribution in [0.4, 0.5) is 4.79 Å². The molecule has 2 saturated heterocycles. The largest absolute Gasteiger partial charge is 0.467 e. The third kappa shape index (κ3) is 4.18. The monoisotopic (exact) mass is 382 g/mol. The highest BCUT2D eigenvalue weighted by atomic mass is 16.3. The maximum atomic E-state index is 12.4. The quantitative estimate of drug-likeness (QED) is 0.882. The smallest absolute Gasteiger partial charge is 0.317 e. The normalized spacial score (nSPS) is 19.1. The second kappa shape index (κ2) is 8.04. The number of hydrogen-bond acceptors (Lipinski definition) is 4. The number of aromatic nitrogens is 1. The number of pyridine rings is 1. The van der Waals surface area contributed by atoms with Crippen LogP contribution in [0.5, 0.6) is 0 Å². The SMILES string of the molecule is O=C1CCC2(CCN(C(=O)NCc3ccco3)CC2)CN1Cc1cccnc1. The second-order valence-electron chi connectivity index (χ2n) is 7.84. The zero-order chi connectivity index (χ0) is 19.4. The van der Waals surface area contributed by atoms with E-state index in [4.69, 9.17) is 4.42 Å². The van der Waals surface area contributed by atoms with E-state index >= 15 is 0 Å². The lowest BCUT2D eigenvalue weighted by Gasteiger charge is -2.47. The van der Waals surface area contributed by atoms with Crippen LogP contribution in [-0.2, 0) is 17.9 Å². The van der Waals surface area contributed by atoms with Gasteiger partial charge in [-0.1, -0.05) is 6.07 Å². The summed E-state index contributed by atoms with van der Waals surface area (Å²) in [5.41, 5.74) is 1.18. The van der Waals surface area contributed by atoms with Crippen LogP contribution in [0.1, 0.15) is 37.0 Å². The molecule has 4 heterocycles. The fourth-order valence-electron chi connectivity index (χ4n) is 4.24. The predicted octanol–water partition coefficient (Wildman–Crippen LogP) is 2.79. The summed E-state index contributed by atoms with van der Waals surface area (Å²) in [7, 11) is 0. The van der Waals surface area contributed by atoms with Gasteiger partial charge in [0.05, 0.1) is 12.8 Å². The van der Waals surface area contributed by atoms with E-state index in [1.807, 2.05) is 40.3 Å². The Bertz CT molecular complexity index is 798. The van der Waals surface area contributed by atoms with E-state index in [0.29, 0.717) is 19.5 Å². The first kappa shape index (κ1) is 18.5. The molecule has 2 fully saturated rings. The fourth-order valence-corrected chi connectivity index (χ4v) is 4.24. The Hall–Kier alpha value is -2.83. The lowest BCUT2D eigenvalue weighted by molar-refractivity contribution is -0.139. The minimum Gasteiger partial charge on any atom is -0.467 e. The lowest BCUT2D eigenvalue weighted by Crippen LogP contribution is -2.53. The second-order valence-corrected chi connectivity index (χ2v) is 7.84. The topological polar surface area (TPSA) is 78.7 Å². The zero-order valence-corrected chi connectivity index (χ0v) is 16.0. The molecule has 0 radical (unpaired) electrons. The molecule has 1 spiro atoms. The number of hydrogen-bond donors (Lipinski definition) is 1. The van der Waals surface area contributed by atoms with Gasteiger partial charge in [-0.25, -0.2) is 4.79 Å². The van der Waals surface area contributed by atoms with Gasteiger partial charge in [0, 0.05) is 45.0 Å². The van der Waals surface area contributed by atoms with Crippen molar-refractivity contribution in [3.8, 4) is 0 Å². The lowest BCUT2D eigenvalue weighted by atomic mass is 9.72. The Labute approximate surface area is 164 Å². The van der Waals surface area contributed by atoms with Crippen LogP contribution in [0.25, 0.3) is 0 Å². The van der Waals surface area contributed by atoms with Gasteiger partial charge >= 0.3 is 6.03 Å². The van der Waals surface area contributed by atoms with Crippen molar-refractivity contribution in [2.75, 3.05) is 19.6 Å². The van der Waals surface area contributed by atoms with Crippen molar-refractivity contribution in [1.29, 1.82) is 0 Å². The molecule has 0 unspecified atom stereocenters. The van der Waals surface area contributed by atoms with Crippen molar-refractivity contribution < 1.29 is 14.0 Å². The molecule has 0 aromatic carbocycles. The molecule has 7 nitrogen and oxygen atoms in total. The molecule has 148 valence electrons. The molecule has 4 rings (SSSR count). The Morgan fingerprint density at radius 3 is 2.79 bits per heavy atom. The van der Waals surface area contributed by atoms with Gasteiger partial charge in [-0.3, -0.25) is 9.78 Å². The Kier molecular flexibility index (Phi) is 5.32. The molecule has 0 saturated carbocycles. The van der Waals surface area contributed by atoms with Crippen LogP contribution < -0.4 is 5.32 Å². The van der Waals surface area contributed by atoms with Gasteiger partial charge in [0.15, 0.2) is 0 Å². The van der Waals surface area contributed by atoms with E-state index in [2.05, 4.69) is 10.3 Å². The van der Waals surface area contributed by atoms with E-state index in [-0.39, 0.29) is 17.4 Å². The average molecular weight is 382 g/mol. The molecular weight excluding hydrogens is 356 g/mol. The third-order valence-corrected chi connectivity index (χ3v) is 5.95. The van der Waals surface area contributed by atoms with Gasteiger partial charge in [0.2, 0.25) is 5.91 Å². The van der Waals surface area contributed by atoms with Crippen molar-refractivity contribution in [2.24, 2.45) is 5.41 Å². The van der Waals surface area contributed by atoms with Gasteiger partial charge < -0.3 is 19.5 Å². The molecule has 1 N–H and O–H groups in total. The number of piperidine rings is 2. The summed E-state index contributed by atoms with van der Waals surface area (Å²) in [6.07, 6.45) is 8.53. The molecule has 0 aliphatic carbocycles. The molecule has 2 aliphatic rings. The highest BCUT2D eigenvalue weighted by Gasteiger charge is 2.41. The molecule has 3 amide bonds. The van der Waals surface area contributed by atoms with Crippen molar-refractivity contribution in [3.05, 3.63) is 54.2 Å². The molecule has 2 aromatic heterocycles. The molecule has 0 bridgehead atoms. The highest BCUT2D eigenvalue weighted by Crippen LogP contribution is 2.40. The third-order valence-electron chi connectivity index (χ3n) is 5.95. The van der Waals surface area contributed by atoms with Gasteiger partial charge in [-0.05, 0) is 48.4 Å². The van der Waals surface area contributed by atoms with Crippen molar-refractivity contribution in [3.63, 3.8) is 0 Å². The molecule has 2 aliphatic heterocycles. The summed E-state index contributed by atoms with van der Waals surface area (Å²) < 4.78 is 5.26. The van der Waals surface area contributed by atoms with Gasteiger partial charge in [-0.15, -0.1) is 0 Å². The molecule has 7 heteroatoms. The van der Waals surface area contributed by atoms with Crippen LogP contribution in [0.2, 0.25) is 0 Å². The van der Waals surface area contributed by atoms with Crippen LogP contribution >= 0.6 is 0 Å². The number of carbonyl (C=O) groups is 2. The number of likely N-dealkylation sites (tertiary alicyclic amines) is 2. The number of carbonyl (C=O) groups excluding carboxylic acids is 2. The summed E-state index contributed by atoms with van der Waals surface area (Å²) in [6, 6.07) is 7.52. The number of nitrogens with zero attached hydrogens (tertiary/aromatic N) is 3. The first-order valence-electron chi connectivity index (χ1n) is 9.85.